The lowest BCUT2D eigenvalue weighted by Crippen LogP contribution is -2.50. The van der Waals surface area contributed by atoms with Gasteiger partial charge in [0.1, 0.15) is 23.1 Å². The Labute approximate surface area is 255 Å². The summed E-state index contributed by atoms with van der Waals surface area (Å²) in [5, 5.41) is 6.17. The number of carbonyl (C=O) groups excluding carboxylic acids is 2. The summed E-state index contributed by atoms with van der Waals surface area (Å²) in [7, 11) is 2.91. The largest absolute Gasteiger partial charge is 0.497 e. The molecule has 5 rings (SSSR count). The second kappa shape index (κ2) is 14.2. The molecule has 0 atom stereocenters. The van der Waals surface area contributed by atoms with Crippen LogP contribution in [0, 0.1) is 11.6 Å². The number of hydrogen-bond donors (Lipinski definition) is 3. The number of hydrogen-bond acceptors (Lipinski definition) is 6. The van der Waals surface area contributed by atoms with E-state index in [0.717, 1.165) is 69.7 Å². The first kappa shape index (κ1) is 30.7. The third-order valence-electron chi connectivity index (χ3n) is 7.81. The van der Waals surface area contributed by atoms with Crippen molar-refractivity contribution in [3.05, 3.63) is 66.2 Å². The fourth-order valence-corrected chi connectivity index (χ4v) is 5.55. The van der Waals surface area contributed by atoms with E-state index in [-0.39, 0.29) is 17.1 Å². The maximum atomic E-state index is 15.1. The Morgan fingerprint density at radius 1 is 0.682 bits per heavy atom. The Morgan fingerprint density at radius 3 is 1.61 bits per heavy atom. The van der Waals surface area contributed by atoms with Gasteiger partial charge in [-0.25, -0.2) is 28.8 Å². The molecule has 12 heteroatoms. The first-order valence-corrected chi connectivity index (χ1v) is 14.9. The number of nitrogens with zero attached hydrogens (tertiary/aromatic N) is 3. The van der Waals surface area contributed by atoms with E-state index in [4.69, 9.17) is 9.47 Å². The van der Waals surface area contributed by atoms with Gasteiger partial charge in [0, 0.05) is 55.8 Å². The molecule has 0 aliphatic carbocycles. The molecule has 4 amide bonds. The highest BCUT2D eigenvalue weighted by molar-refractivity contribution is 6.05. The molecule has 2 aliphatic heterocycles. The van der Waals surface area contributed by atoms with Crippen LogP contribution in [0.15, 0.2) is 54.6 Å². The molecule has 2 aliphatic rings. The van der Waals surface area contributed by atoms with Gasteiger partial charge < -0.3 is 29.9 Å². The Kier molecular flexibility index (Phi) is 9.88. The second-order valence-corrected chi connectivity index (χ2v) is 10.8. The number of nitrogens with one attached hydrogen (secondary N) is 3. The summed E-state index contributed by atoms with van der Waals surface area (Å²) in [6, 6.07) is 12.1. The molecule has 2 fully saturated rings. The maximum absolute atomic E-state index is 15.1. The summed E-state index contributed by atoms with van der Waals surface area (Å²) in [5.41, 5.74) is 4.08. The number of benzene rings is 3. The van der Waals surface area contributed by atoms with Crippen LogP contribution in [0.3, 0.4) is 0 Å². The molecule has 10 nitrogen and oxygen atoms in total. The van der Waals surface area contributed by atoms with Gasteiger partial charge >= 0.3 is 12.1 Å². The quantitative estimate of drug-likeness (QED) is 0.257. The maximum Gasteiger partial charge on any atom is 0.345 e. The lowest BCUT2D eigenvalue weighted by atomic mass is 10.1. The van der Waals surface area contributed by atoms with Crippen molar-refractivity contribution in [1.29, 1.82) is 0 Å². The monoisotopic (exact) mass is 608 g/mol. The molecule has 0 spiro atoms. The standard InChI is InChI=1S/C32H38F2N6O4/c1-43-25-19-24(20-26(21-25)44-2)40(32(42)36-23-10-12-30(28(34)18-23)39-15-7-4-8-16-39)37-31(41)35-22-9-11-29(27(33)17-22)38-13-5-3-6-14-38/h9-12,17-21H,3-8,13-16H2,1-2H3,(H,36,42)(H2,35,37,41). The third kappa shape index (κ3) is 7.42. The van der Waals surface area contributed by atoms with Crippen molar-refractivity contribution >= 4 is 40.5 Å². The van der Waals surface area contributed by atoms with Crippen LogP contribution >= 0.6 is 0 Å². The molecule has 0 radical (unpaired) electrons. The molecule has 0 bridgehead atoms. The van der Waals surface area contributed by atoms with Gasteiger partial charge in [-0.1, -0.05) is 0 Å². The fourth-order valence-electron chi connectivity index (χ4n) is 5.55. The minimum atomic E-state index is -0.807. The number of halogens is 2. The summed E-state index contributed by atoms with van der Waals surface area (Å²) in [6.45, 7) is 3.11. The summed E-state index contributed by atoms with van der Waals surface area (Å²) in [5.74, 6) is -0.176. The minimum Gasteiger partial charge on any atom is -0.497 e. The Hall–Kier alpha value is -4.74. The van der Waals surface area contributed by atoms with Crippen LogP contribution in [0.4, 0.5) is 46.8 Å². The topological polar surface area (TPSA) is 98.4 Å². The van der Waals surface area contributed by atoms with Crippen molar-refractivity contribution in [2.75, 3.05) is 65.8 Å². The number of piperidine rings is 2. The molecule has 3 aromatic rings. The molecule has 2 heterocycles. The average Bonchev–Trinajstić information content (AvgIpc) is 3.04. The van der Waals surface area contributed by atoms with Crippen LogP contribution in [0.5, 0.6) is 11.5 Å². The lowest BCUT2D eigenvalue weighted by Gasteiger charge is -2.29. The van der Waals surface area contributed by atoms with Crippen molar-refractivity contribution in [2.45, 2.75) is 38.5 Å². The predicted octanol–water partition coefficient (Wildman–Crippen LogP) is 6.74. The third-order valence-corrected chi connectivity index (χ3v) is 7.81. The molecule has 3 aromatic carbocycles. The van der Waals surface area contributed by atoms with Crippen molar-refractivity contribution < 1.29 is 27.8 Å². The van der Waals surface area contributed by atoms with Gasteiger partial charge in [-0.3, -0.25) is 0 Å². The minimum absolute atomic E-state index is 0.200. The average molecular weight is 609 g/mol. The Balaban J connectivity index is 1.34. The van der Waals surface area contributed by atoms with Gasteiger partial charge in [-0.2, -0.15) is 0 Å². The Bertz CT molecular complexity index is 1450. The summed E-state index contributed by atoms with van der Waals surface area (Å²) in [4.78, 5) is 30.7. The van der Waals surface area contributed by atoms with Gasteiger partial charge in [0.2, 0.25) is 0 Å². The van der Waals surface area contributed by atoms with Gasteiger partial charge in [-0.05, 0) is 74.9 Å². The highest BCUT2D eigenvalue weighted by Gasteiger charge is 2.23. The van der Waals surface area contributed by atoms with Crippen molar-refractivity contribution in [3.63, 3.8) is 0 Å². The lowest BCUT2D eigenvalue weighted by molar-refractivity contribution is 0.243. The normalized spacial score (nSPS) is 14.9. The summed E-state index contributed by atoms with van der Waals surface area (Å²) < 4.78 is 40.7. The van der Waals surface area contributed by atoms with Crippen LogP contribution in [0.2, 0.25) is 0 Å². The number of carbonyl (C=O) groups is 2. The molecule has 0 unspecified atom stereocenters. The summed E-state index contributed by atoms with van der Waals surface area (Å²) >= 11 is 0. The number of hydrazine groups is 1. The van der Waals surface area contributed by atoms with Crippen LogP contribution in [0.25, 0.3) is 0 Å². The first-order chi connectivity index (χ1) is 21.3. The number of urea groups is 2. The van der Waals surface area contributed by atoms with Gasteiger partial charge in [0.05, 0.1) is 31.3 Å². The van der Waals surface area contributed by atoms with E-state index < -0.39 is 23.7 Å². The zero-order chi connectivity index (χ0) is 31.1. The zero-order valence-corrected chi connectivity index (χ0v) is 25.0. The molecule has 2 saturated heterocycles. The molecular formula is C32H38F2N6O4. The number of rotatable bonds is 7. The summed E-state index contributed by atoms with van der Waals surface area (Å²) in [6.07, 6.45) is 6.25. The molecular weight excluding hydrogens is 570 g/mol. The number of anilines is 5. The SMILES string of the molecule is COc1cc(OC)cc(N(NC(=O)Nc2ccc(N3CCCCC3)c(F)c2)C(=O)Nc2ccc(N3CCCCC3)c(F)c2)c1. The van der Waals surface area contributed by atoms with Gasteiger partial charge in [0.25, 0.3) is 0 Å². The van der Waals surface area contributed by atoms with Crippen molar-refractivity contribution in [1.82, 2.24) is 5.43 Å². The van der Waals surface area contributed by atoms with Crippen LogP contribution in [0.1, 0.15) is 38.5 Å². The van der Waals surface area contributed by atoms with Crippen LogP contribution in [-0.2, 0) is 0 Å². The highest BCUT2D eigenvalue weighted by Crippen LogP contribution is 2.30. The first-order valence-electron chi connectivity index (χ1n) is 14.9. The van der Waals surface area contributed by atoms with E-state index in [9.17, 15) is 14.0 Å². The van der Waals surface area contributed by atoms with Crippen LogP contribution < -0.4 is 40.3 Å². The molecule has 0 aromatic heterocycles. The number of amides is 4. The molecule has 44 heavy (non-hydrogen) atoms. The van der Waals surface area contributed by atoms with E-state index in [1.807, 2.05) is 9.80 Å². The molecule has 3 N–H and O–H groups in total. The van der Waals surface area contributed by atoms with Gasteiger partial charge in [-0.15, -0.1) is 0 Å². The highest BCUT2D eigenvalue weighted by atomic mass is 19.1. The number of ether oxygens (including phenoxy) is 2. The number of methoxy groups -OCH3 is 2. The van der Waals surface area contributed by atoms with E-state index in [1.165, 1.54) is 38.5 Å². The molecule has 234 valence electrons. The van der Waals surface area contributed by atoms with E-state index >= 15 is 4.39 Å². The van der Waals surface area contributed by atoms with Crippen molar-refractivity contribution in [3.8, 4) is 11.5 Å². The van der Waals surface area contributed by atoms with Crippen molar-refractivity contribution in [2.24, 2.45) is 0 Å². The fraction of sp³-hybridized carbons (Fsp3) is 0.375. The predicted molar refractivity (Wildman–Crippen MR) is 168 cm³/mol. The Morgan fingerprint density at radius 2 is 1.16 bits per heavy atom. The van der Waals surface area contributed by atoms with Gasteiger partial charge in [0.15, 0.2) is 0 Å². The second-order valence-electron chi connectivity index (χ2n) is 10.8. The van der Waals surface area contributed by atoms with Crippen LogP contribution in [-0.4, -0.2) is 52.5 Å². The van der Waals surface area contributed by atoms with E-state index in [0.29, 0.717) is 22.9 Å². The zero-order valence-electron chi connectivity index (χ0n) is 25.0. The van der Waals surface area contributed by atoms with E-state index in [1.54, 1.807) is 30.3 Å². The molecule has 0 saturated carbocycles. The van der Waals surface area contributed by atoms with E-state index in [2.05, 4.69) is 16.1 Å². The smallest absolute Gasteiger partial charge is 0.345 e.